The molecule has 3 aromatic rings. The van der Waals surface area contributed by atoms with E-state index in [-0.39, 0.29) is 42.0 Å². The topological polar surface area (TPSA) is 186 Å². The van der Waals surface area contributed by atoms with Crippen LogP contribution >= 0.6 is 8.25 Å². The molecule has 0 bridgehead atoms. The number of amides is 1. The number of aliphatic hydroxyl groups excluding tert-OH is 1. The van der Waals surface area contributed by atoms with Crippen LogP contribution in [0.4, 0.5) is 5.95 Å². The molecular formula is C19H24N6O7P+. The fourth-order valence-corrected chi connectivity index (χ4v) is 3.47. The molecule has 4 atom stereocenters. The zero-order valence-electron chi connectivity index (χ0n) is 17.9. The van der Waals surface area contributed by atoms with Crippen LogP contribution in [0.1, 0.15) is 26.5 Å². The summed E-state index contributed by atoms with van der Waals surface area (Å²) in [5.74, 6) is -0.742. The maximum atomic E-state index is 12.2. The third kappa shape index (κ3) is 6.24. The number of nitrogens with zero attached hydrogens (tertiary/aromatic N) is 3. The van der Waals surface area contributed by atoms with Crippen molar-refractivity contribution in [1.29, 1.82) is 0 Å². The SMILES string of the molecule is CC(C)C(=O)Nc1nc2c(ncn2[C@@H]2O[C@H](CO)C[C@@H]2O[P+](=O)[O-])c(=O)[nH]1.c1cc[nH+]cc1. The molecule has 1 fully saturated rings. The first-order chi connectivity index (χ1) is 15.8. The van der Waals surface area contributed by atoms with Gasteiger partial charge >= 0.3 is 8.25 Å². The Morgan fingerprint density at radius 2 is 2.18 bits per heavy atom. The molecule has 4 rings (SSSR count). The van der Waals surface area contributed by atoms with Crippen LogP contribution in [0.5, 0.6) is 0 Å². The van der Waals surface area contributed by atoms with E-state index in [0.717, 1.165) is 0 Å². The molecule has 0 aromatic carbocycles. The van der Waals surface area contributed by atoms with Gasteiger partial charge < -0.3 is 14.7 Å². The van der Waals surface area contributed by atoms with Gasteiger partial charge in [-0.3, -0.25) is 24.5 Å². The Morgan fingerprint density at radius 1 is 1.45 bits per heavy atom. The quantitative estimate of drug-likeness (QED) is 0.406. The van der Waals surface area contributed by atoms with Crippen LogP contribution in [-0.4, -0.2) is 49.3 Å². The summed E-state index contributed by atoms with van der Waals surface area (Å²) in [6, 6.07) is 5.86. The predicted molar refractivity (Wildman–Crippen MR) is 113 cm³/mol. The summed E-state index contributed by atoms with van der Waals surface area (Å²) in [7, 11) is -3.15. The molecule has 3 aromatic heterocycles. The van der Waals surface area contributed by atoms with Gasteiger partial charge in [-0.2, -0.15) is 4.98 Å². The van der Waals surface area contributed by atoms with Gasteiger partial charge in [0.1, 0.15) is 0 Å². The number of nitrogens with one attached hydrogen (secondary N) is 3. The third-order valence-electron chi connectivity index (χ3n) is 4.65. The van der Waals surface area contributed by atoms with E-state index in [0.29, 0.717) is 0 Å². The number of ether oxygens (including phenoxy) is 1. The van der Waals surface area contributed by atoms with Gasteiger partial charge in [0.2, 0.25) is 11.9 Å². The summed E-state index contributed by atoms with van der Waals surface area (Å²) in [6.45, 7) is 3.04. The minimum atomic E-state index is -3.15. The molecule has 1 saturated heterocycles. The number of pyridine rings is 1. The fraction of sp³-hybridized carbons (Fsp3) is 0.421. The average Bonchev–Trinajstić information content (AvgIpc) is 3.38. The molecule has 0 aliphatic carbocycles. The number of hydrogen-bond acceptors (Lipinski definition) is 9. The number of aliphatic hydroxyl groups is 1. The Kier molecular flexibility index (Phi) is 8.31. The van der Waals surface area contributed by atoms with E-state index >= 15 is 0 Å². The number of fused-ring (bicyclic) bond motifs is 1. The van der Waals surface area contributed by atoms with E-state index in [9.17, 15) is 24.2 Å². The molecule has 1 aliphatic heterocycles. The Morgan fingerprint density at radius 3 is 2.73 bits per heavy atom. The summed E-state index contributed by atoms with van der Waals surface area (Å²) >= 11 is 0. The highest BCUT2D eigenvalue weighted by Crippen LogP contribution is 2.36. The van der Waals surface area contributed by atoms with Crippen molar-refractivity contribution in [2.24, 2.45) is 5.92 Å². The first kappa shape index (κ1) is 24.6. The Balaban J connectivity index is 0.000000442. The highest BCUT2D eigenvalue weighted by atomic mass is 31.1. The number of imidazole rings is 1. The van der Waals surface area contributed by atoms with Gasteiger partial charge in [-0.05, 0) is 4.57 Å². The van der Waals surface area contributed by atoms with Crippen LogP contribution in [0, 0.1) is 5.92 Å². The van der Waals surface area contributed by atoms with Crippen molar-refractivity contribution in [2.45, 2.75) is 38.7 Å². The van der Waals surface area contributed by atoms with Crippen LogP contribution in [0.3, 0.4) is 0 Å². The van der Waals surface area contributed by atoms with Crippen molar-refractivity contribution >= 4 is 31.3 Å². The second-order valence-electron chi connectivity index (χ2n) is 7.39. The third-order valence-corrected chi connectivity index (χ3v) is 5.09. The number of carbonyl (C=O) groups excluding carboxylic acids is 1. The molecule has 1 aliphatic rings. The van der Waals surface area contributed by atoms with Crippen LogP contribution in [0.25, 0.3) is 11.2 Å². The molecule has 1 unspecified atom stereocenters. The van der Waals surface area contributed by atoms with E-state index in [1.807, 2.05) is 30.6 Å². The minimum Gasteiger partial charge on any atom is -0.566 e. The zero-order valence-corrected chi connectivity index (χ0v) is 18.8. The zero-order chi connectivity index (χ0) is 24.0. The van der Waals surface area contributed by atoms with Crippen LogP contribution < -0.4 is 20.8 Å². The molecule has 0 saturated carbocycles. The molecule has 4 N–H and O–H groups in total. The van der Waals surface area contributed by atoms with E-state index in [4.69, 9.17) is 9.26 Å². The number of anilines is 1. The van der Waals surface area contributed by atoms with Gasteiger partial charge in [0, 0.05) is 24.5 Å². The predicted octanol–water partition coefficient (Wildman–Crippen LogP) is -0.102. The fourth-order valence-electron chi connectivity index (χ4n) is 3.06. The number of hydrogen-bond donors (Lipinski definition) is 3. The molecule has 0 spiro atoms. The van der Waals surface area contributed by atoms with Gasteiger partial charge in [-0.1, -0.05) is 19.9 Å². The van der Waals surface area contributed by atoms with Gasteiger partial charge in [0.15, 0.2) is 35.9 Å². The van der Waals surface area contributed by atoms with Crippen molar-refractivity contribution < 1.29 is 33.6 Å². The summed E-state index contributed by atoms with van der Waals surface area (Å²) in [4.78, 5) is 48.5. The minimum absolute atomic E-state index is 0.0149. The molecule has 13 nitrogen and oxygen atoms in total. The number of aromatic nitrogens is 5. The smallest absolute Gasteiger partial charge is 0.488 e. The number of H-pyrrole nitrogens is 2. The Bertz CT molecular complexity index is 1130. The van der Waals surface area contributed by atoms with Gasteiger partial charge in [-0.25, -0.2) is 9.97 Å². The lowest BCUT2D eigenvalue weighted by molar-refractivity contribution is -0.377. The van der Waals surface area contributed by atoms with Crippen LogP contribution in [-0.2, 0) is 18.6 Å². The van der Waals surface area contributed by atoms with Crippen molar-refractivity contribution in [3.05, 3.63) is 47.3 Å². The largest absolute Gasteiger partial charge is 0.566 e. The van der Waals surface area contributed by atoms with E-state index in [1.54, 1.807) is 13.8 Å². The van der Waals surface area contributed by atoms with Crippen molar-refractivity contribution in [3.8, 4) is 0 Å². The lowest BCUT2D eigenvalue weighted by atomic mass is 10.2. The van der Waals surface area contributed by atoms with Gasteiger partial charge in [0.05, 0.1) is 19.0 Å². The lowest BCUT2D eigenvalue weighted by Crippen LogP contribution is -2.24. The molecule has 14 heteroatoms. The van der Waals surface area contributed by atoms with E-state index < -0.39 is 32.2 Å². The second-order valence-corrected chi connectivity index (χ2v) is 8.05. The summed E-state index contributed by atoms with van der Waals surface area (Å²) in [6.07, 6.45) is 2.61. The van der Waals surface area contributed by atoms with Crippen LogP contribution in [0.15, 0.2) is 41.7 Å². The molecular weight excluding hydrogens is 455 g/mol. The van der Waals surface area contributed by atoms with Crippen molar-refractivity contribution in [3.63, 3.8) is 0 Å². The summed E-state index contributed by atoms with van der Waals surface area (Å²) < 4.78 is 22.8. The van der Waals surface area contributed by atoms with E-state index in [2.05, 4.69) is 25.3 Å². The maximum absolute atomic E-state index is 12.2. The monoisotopic (exact) mass is 479 g/mol. The average molecular weight is 479 g/mol. The number of carbonyl (C=O) groups is 1. The number of rotatable bonds is 6. The number of aromatic amines is 2. The van der Waals surface area contributed by atoms with Crippen molar-refractivity contribution in [2.75, 3.05) is 11.9 Å². The summed E-state index contributed by atoms with van der Waals surface area (Å²) in [5, 5.41) is 11.8. The van der Waals surface area contributed by atoms with Crippen molar-refractivity contribution in [1.82, 2.24) is 19.5 Å². The molecule has 1 amide bonds. The molecule has 4 heterocycles. The lowest BCUT2D eigenvalue weighted by Gasteiger charge is -2.17. The van der Waals surface area contributed by atoms with Gasteiger partial charge in [-0.15, -0.1) is 4.52 Å². The standard InChI is InChI=1S/C14H18N5O7P.C5H5N/c1-6(2)11(21)17-14-16-10-9(12(22)18-14)15-5-19(10)13-8(26-27(23)24)3-7(4-20)25-13;1-2-4-6-5-3-1/h5-8,13,20H,3-4H2,1-2H3,(H2,16,17,18,21,22);1-5H/p+1/t7-,8-,13+;/m0./s1. The Hall–Kier alpha value is -3.09. The Labute approximate surface area is 188 Å². The normalized spacial score (nSPS) is 20.4. The summed E-state index contributed by atoms with van der Waals surface area (Å²) in [5.41, 5.74) is -0.517. The second kappa shape index (κ2) is 11.2. The maximum Gasteiger partial charge on any atom is 0.488 e. The molecule has 33 heavy (non-hydrogen) atoms. The molecule has 176 valence electrons. The van der Waals surface area contributed by atoms with E-state index in [1.165, 1.54) is 10.9 Å². The van der Waals surface area contributed by atoms with Crippen LogP contribution in [0.2, 0.25) is 0 Å². The highest BCUT2D eigenvalue weighted by Gasteiger charge is 2.41. The van der Waals surface area contributed by atoms with Gasteiger partial charge in [0.25, 0.3) is 5.56 Å². The molecule has 0 radical (unpaired) electrons. The first-order valence-electron chi connectivity index (χ1n) is 10.1. The first-order valence-corrected chi connectivity index (χ1v) is 11.2. The highest BCUT2D eigenvalue weighted by molar-refractivity contribution is 7.30.